The molecule has 0 fully saturated rings. The number of hydrogen-bond acceptors (Lipinski definition) is 4. The first kappa shape index (κ1) is 14.4. The van der Waals surface area contributed by atoms with Gasteiger partial charge < -0.3 is 10.4 Å². The van der Waals surface area contributed by atoms with E-state index in [-0.39, 0.29) is 0 Å². The lowest BCUT2D eigenvalue weighted by atomic mass is 10.3. The second-order valence-electron chi connectivity index (χ2n) is 3.65. The molecule has 3 amide bonds. The van der Waals surface area contributed by atoms with Crippen molar-refractivity contribution in [2.24, 2.45) is 7.05 Å². The summed E-state index contributed by atoms with van der Waals surface area (Å²) in [5.74, 6) is -2.05. The van der Waals surface area contributed by atoms with Gasteiger partial charge in [0.15, 0.2) is 0 Å². The van der Waals surface area contributed by atoms with Crippen LogP contribution in [0.25, 0.3) is 0 Å². The molecule has 0 bridgehead atoms. The van der Waals surface area contributed by atoms with Crippen LogP contribution in [0.4, 0.5) is 4.79 Å². The number of amides is 3. The van der Waals surface area contributed by atoms with Crippen molar-refractivity contribution in [2.45, 2.75) is 6.42 Å². The van der Waals surface area contributed by atoms with E-state index in [4.69, 9.17) is 5.11 Å². The Bertz CT molecular complexity index is 507. The number of carboxylic acid groups (broad SMARTS) is 1. The van der Waals surface area contributed by atoms with E-state index in [0.29, 0.717) is 19.0 Å². The molecule has 8 heteroatoms. The number of imide groups is 1. The van der Waals surface area contributed by atoms with Gasteiger partial charge in [0, 0.05) is 38.4 Å². The van der Waals surface area contributed by atoms with Gasteiger partial charge in [-0.05, 0) is 6.07 Å². The fourth-order valence-corrected chi connectivity index (χ4v) is 1.25. The van der Waals surface area contributed by atoms with Crippen molar-refractivity contribution in [2.75, 3.05) is 6.54 Å². The van der Waals surface area contributed by atoms with Crippen molar-refractivity contribution in [1.29, 1.82) is 0 Å². The van der Waals surface area contributed by atoms with Crippen LogP contribution in [0.1, 0.15) is 5.69 Å². The number of nitrogens with zero attached hydrogens (tertiary/aromatic N) is 2. The van der Waals surface area contributed by atoms with Gasteiger partial charge in [-0.25, -0.2) is 9.59 Å². The quantitative estimate of drug-likeness (QED) is 0.618. The minimum atomic E-state index is -1.26. The third-order valence-electron chi connectivity index (χ3n) is 2.05. The predicted molar refractivity (Wildman–Crippen MR) is 65.2 cm³/mol. The van der Waals surface area contributed by atoms with Crippen LogP contribution in [0.3, 0.4) is 0 Å². The molecule has 8 nitrogen and oxygen atoms in total. The van der Waals surface area contributed by atoms with E-state index < -0.39 is 17.9 Å². The van der Waals surface area contributed by atoms with Crippen LogP contribution < -0.4 is 10.6 Å². The van der Waals surface area contributed by atoms with Gasteiger partial charge in [0.1, 0.15) is 0 Å². The maximum Gasteiger partial charge on any atom is 0.328 e. The largest absolute Gasteiger partial charge is 0.478 e. The molecular weight excluding hydrogens is 252 g/mol. The maximum absolute atomic E-state index is 11.2. The third kappa shape index (κ3) is 6.01. The molecule has 1 aromatic heterocycles. The van der Waals surface area contributed by atoms with E-state index in [1.54, 1.807) is 17.9 Å². The summed E-state index contributed by atoms with van der Waals surface area (Å²) in [6, 6.07) is 1.14. The zero-order chi connectivity index (χ0) is 14.3. The molecule has 0 aliphatic rings. The van der Waals surface area contributed by atoms with Crippen LogP contribution >= 0.6 is 0 Å². The van der Waals surface area contributed by atoms with Crippen molar-refractivity contribution >= 4 is 17.9 Å². The molecule has 102 valence electrons. The Morgan fingerprint density at radius 3 is 2.74 bits per heavy atom. The van der Waals surface area contributed by atoms with Crippen molar-refractivity contribution in [3.63, 3.8) is 0 Å². The second-order valence-corrected chi connectivity index (χ2v) is 3.65. The minimum absolute atomic E-state index is 0.318. The molecular formula is C11H14N4O4. The number of carbonyl (C=O) groups excluding carboxylic acids is 2. The van der Waals surface area contributed by atoms with Crippen LogP contribution in [-0.2, 0) is 23.1 Å². The Kier molecular flexibility index (Phi) is 5.27. The molecule has 1 heterocycles. The summed E-state index contributed by atoms with van der Waals surface area (Å²) in [6.45, 7) is 0.318. The summed E-state index contributed by atoms with van der Waals surface area (Å²) >= 11 is 0. The molecule has 0 aliphatic carbocycles. The molecule has 1 aromatic rings. The summed E-state index contributed by atoms with van der Waals surface area (Å²) in [5.41, 5.74) is 0.819. The number of aliphatic carboxylic acids is 1. The molecule has 1 rings (SSSR count). The first-order chi connectivity index (χ1) is 8.97. The molecule has 0 unspecified atom stereocenters. The van der Waals surface area contributed by atoms with Crippen molar-refractivity contribution in [1.82, 2.24) is 20.4 Å². The monoisotopic (exact) mass is 266 g/mol. The second kappa shape index (κ2) is 6.94. The third-order valence-corrected chi connectivity index (χ3v) is 2.05. The Balaban J connectivity index is 2.24. The fraction of sp³-hybridized carbons (Fsp3) is 0.273. The van der Waals surface area contributed by atoms with Gasteiger partial charge in [0.2, 0.25) is 0 Å². The molecule has 19 heavy (non-hydrogen) atoms. The molecule has 0 radical (unpaired) electrons. The van der Waals surface area contributed by atoms with Crippen molar-refractivity contribution in [3.8, 4) is 0 Å². The zero-order valence-electron chi connectivity index (χ0n) is 10.3. The molecule has 0 aliphatic heterocycles. The van der Waals surface area contributed by atoms with E-state index >= 15 is 0 Å². The van der Waals surface area contributed by atoms with E-state index in [1.165, 1.54) is 0 Å². The normalized spacial score (nSPS) is 10.4. The Morgan fingerprint density at radius 2 is 2.16 bits per heavy atom. The van der Waals surface area contributed by atoms with E-state index in [1.807, 2.05) is 11.4 Å². The maximum atomic E-state index is 11.2. The number of aryl methyl sites for hydroxylation is 1. The number of rotatable bonds is 5. The zero-order valence-corrected chi connectivity index (χ0v) is 10.3. The van der Waals surface area contributed by atoms with Crippen molar-refractivity contribution < 1.29 is 19.5 Å². The minimum Gasteiger partial charge on any atom is -0.478 e. The van der Waals surface area contributed by atoms with Gasteiger partial charge in [0.25, 0.3) is 5.91 Å². The van der Waals surface area contributed by atoms with Gasteiger partial charge >= 0.3 is 12.0 Å². The van der Waals surface area contributed by atoms with E-state index in [2.05, 4.69) is 10.4 Å². The van der Waals surface area contributed by atoms with Crippen LogP contribution in [0, 0.1) is 0 Å². The van der Waals surface area contributed by atoms with E-state index in [0.717, 1.165) is 11.8 Å². The Labute approximate surface area is 109 Å². The Hall–Kier alpha value is -2.64. The predicted octanol–water partition coefficient (Wildman–Crippen LogP) is -0.571. The average Bonchev–Trinajstić information content (AvgIpc) is 2.72. The summed E-state index contributed by atoms with van der Waals surface area (Å²) in [7, 11) is 1.79. The number of carbonyl (C=O) groups is 3. The fourth-order valence-electron chi connectivity index (χ4n) is 1.25. The van der Waals surface area contributed by atoms with Crippen LogP contribution in [0.2, 0.25) is 0 Å². The molecule has 3 N–H and O–H groups in total. The van der Waals surface area contributed by atoms with Gasteiger partial charge in [-0.2, -0.15) is 5.10 Å². The van der Waals surface area contributed by atoms with Gasteiger partial charge in [-0.1, -0.05) is 0 Å². The summed E-state index contributed by atoms with van der Waals surface area (Å²) in [5, 5.41) is 16.8. The lowest BCUT2D eigenvalue weighted by Crippen LogP contribution is -2.39. The van der Waals surface area contributed by atoms with E-state index in [9.17, 15) is 14.4 Å². The first-order valence-corrected chi connectivity index (χ1v) is 5.45. The molecule has 0 saturated carbocycles. The molecule has 0 atom stereocenters. The summed E-state index contributed by atoms with van der Waals surface area (Å²) in [4.78, 5) is 32.4. The standard InChI is InChI=1S/C11H14N4O4/c1-15-7-5-8(14-15)4-6-12-11(19)13-9(16)2-3-10(17)18/h2-3,5,7H,4,6H2,1H3,(H,17,18)(H2,12,13,16,19)/b3-2+. The smallest absolute Gasteiger partial charge is 0.328 e. The average molecular weight is 266 g/mol. The lowest BCUT2D eigenvalue weighted by molar-refractivity contribution is -0.131. The van der Waals surface area contributed by atoms with Gasteiger partial charge in [-0.3, -0.25) is 14.8 Å². The van der Waals surface area contributed by atoms with Gasteiger partial charge in [0.05, 0.1) is 5.69 Å². The number of urea groups is 1. The topological polar surface area (TPSA) is 113 Å². The molecule has 0 saturated heterocycles. The highest BCUT2D eigenvalue weighted by Crippen LogP contribution is 1.93. The SMILES string of the molecule is Cn1ccc(CCNC(=O)NC(=O)/C=C/C(=O)O)n1. The highest BCUT2D eigenvalue weighted by Gasteiger charge is 2.05. The van der Waals surface area contributed by atoms with Crippen LogP contribution in [-0.4, -0.2) is 39.3 Å². The lowest BCUT2D eigenvalue weighted by Gasteiger charge is -2.03. The van der Waals surface area contributed by atoms with Crippen LogP contribution in [0.5, 0.6) is 0 Å². The first-order valence-electron chi connectivity index (χ1n) is 5.45. The summed E-state index contributed by atoms with van der Waals surface area (Å²) in [6.07, 6.45) is 3.74. The Morgan fingerprint density at radius 1 is 1.42 bits per heavy atom. The molecule has 0 spiro atoms. The van der Waals surface area contributed by atoms with Crippen molar-refractivity contribution in [3.05, 3.63) is 30.1 Å². The number of aromatic nitrogens is 2. The highest BCUT2D eigenvalue weighted by molar-refractivity contribution is 6.02. The summed E-state index contributed by atoms with van der Waals surface area (Å²) < 4.78 is 1.65. The number of hydrogen-bond donors (Lipinski definition) is 3. The van der Waals surface area contributed by atoms with Gasteiger partial charge in [-0.15, -0.1) is 0 Å². The number of nitrogens with one attached hydrogen (secondary N) is 2. The highest BCUT2D eigenvalue weighted by atomic mass is 16.4. The molecule has 0 aromatic carbocycles. The number of carboxylic acids is 1. The van der Waals surface area contributed by atoms with Crippen LogP contribution in [0.15, 0.2) is 24.4 Å².